The van der Waals surface area contributed by atoms with Crippen LogP contribution in [0.3, 0.4) is 0 Å². The van der Waals surface area contributed by atoms with Gasteiger partial charge in [-0.05, 0) is 13.5 Å². The molecule has 0 bridgehead atoms. The van der Waals surface area contributed by atoms with Gasteiger partial charge >= 0.3 is 5.97 Å². The Morgan fingerprint density at radius 1 is 1.52 bits per heavy atom. The number of nitrogens with zero attached hydrogens (tertiary/aromatic N) is 3. The van der Waals surface area contributed by atoms with E-state index in [1.165, 1.54) is 4.57 Å². The summed E-state index contributed by atoms with van der Waals surface area (Å²) in [5.74, 6) is -1.10. The molecule has 0 atom stereocenters. The first-order valence-corrected chi connectivity index (χ1v) is 6.49. The Morgan fingerprint density at radius 3 is 2.76 bits per heavy atom. The highest BCUT2D eigenvalue weighted by Gasteiger charge is 2.19. The topological polar surface area (TPSA) is 106 Å². The average molecular weight is 292 g/mol. The number of aryl methyl sites for hydroxylation is 1. The monoisotopic (exact) mass is 292 g/mol. The van der Waals surface area contributed by atoms with E-state index in [1.807, 2.05) is 6.92 Å². The molecule has 8 nitrogen and oxygen atoms in total. The first kappa shape index (κ1) is 14.9. The molecule has 8 heteroatoms. The third kappa shape index (κ3) is 2.57. The van der Waals surface area contributed by atoms with Gasteiger partial charge in [0.1, 0.15) is 12.2 Å². The Balaban J connectivity index is 2.89. The summed E-state index contributed by atoms with van der Waals surface area (Å²) in [6.45, 7) is 1.62. The molecule has 2 aromatic heterocycles. The lowest BCUT2D eigenvalue weighted by atomic mass is 10.2. The van der Waals surface area contributed by atoms with Crippen LogP contribution in [0.15, 0.2) is 10.9 Å². The predicted molar refractivity (Wildman–Crippen MR) is 74.6 cm³/mol. The number of rotatable bonds is 6. The Kier molecular flexibility index (Phi) is 4.18. The molecule has 2 N–H and O–H groups in total. The number of nitrogens with one attached hydrogen (secondary N) is 1. The van der Waals surface area contributed by atoms with E-state index in [9.17, 15) is 14.4 Å². The summed E-state index contributed by atoms with van der Waals surface area (Å²) in [6, 6.07) is 1.63. The summed E-state index contributed by atoms with van der Waals surface area (Å²) in [7, 11) is 1.64. The Hall–Kier alpha value is -2.48. The SMILES string of the molecule is CCc1cc2n(CC(=O)O)c(C=O)c(CNC)c(=O)n2n1. The number of aliphatic carboxylic acids is 1. The fraction of sp³-hybridized carbons (Fsp3) is 0.385. The smallest absolute Gasteiger partial charge is 0.323 e. The zero-order chi connectivity index (χ0) is 15.6. The molecule has 2 rings (SSSR count). The lowest BCUT2D eigenvalue weighted by Crippen LogP contribution is -2.30. The maximum atomic E-state index is 12.4. The van der Waals surface area contributed by atoms with Crippen molar-refractivity contribution in [3.05, 3.63) is 33.4 Å². The molecule has 0 radical (unpaired) electrons. The summed E-state index contributed by atoms with van der Waals surface area (Å²) in [4.78, 5) is 34.8. The van der Waals surface area contributed by atoms with E-state index in [0.29, 0.717) is 24.0 Å². The number of aldehydes is 1. The van der Waals surface area contributed by atoms with Crippen molar-refractivity contribution in [2.24, 2.45) is 0 Å². The second kappa shape index (κ2) is 5.88. The maximum absolute atomic E-state index is 12.4. The normalized spacial score (nSPS) is 11.0. The van der Waals surface area contributed by atoms with E-state index in [2.05, 4.69) is 10.4 Å². The minimum absolute atomic E-state index is 0.0619. The van der Waals surface area contributed by atoms with Crippen molar-refractivity contribution in [3.8, 4) is 0 Å². The number of carboxylic acid groups (broad SMARTS) is 1. The van der Waals surface area contributed by atoms with Crippen LogP contribution in [-0.2, 0) is 24.3 Å². The highest BCUT2D eigenvalue weighted by Crippen LogP contribution is 2.11. The summed E-state index contributed by atoms with van der Waals surface area (Å²) >= 11 is 0. The number of hydrogen-bond donors (Lipinski definition) is 2. The number of carbonyl (C=O) groups is 2. The molecular formula is C13H16N4O4. The van der Waals surface area contributed by atoms with E-state index in [0.717, 1.165) is 4.52 Å². The second-order valence-corrected chi connectivity index (χ2v) is 4.56. The van der Waals surface area contributed by atoms with E-state index in [4.69, 9.17) is 5.11 Å². The van der Waals surface area contributed by atoms with Crippen LogP contribution in [0, 0.1) is 0 Å². The number of carboxylic acids is 1. The van der Waals surface area contributed by atoms with Gasteiger partial charge < -0.3 is 15.0 Å². The average Bonchev–Trinajstić information content (AvgIpc) is 2.88. The molecule has 0 aliphatic rings. The fourth-order valence-corrected chi connectivity index (χ4v) is 2.24. The van der Waals surface area contributed by atoms with Crippen LogP contribution in [0.2, 0.25) is 0 Å². The van der Waals surface area contributed by atoms with E-state index in [-0.39, 0.29) is 17.8 Å². The van der Waals surface area contributed by atoms with Gasteiger partial charge in [-0.2, -0.15) is 9.61 Å². The summed E-state index contributed by atoms with van der Waals surface area (Å²) < 4.78 is 2.46. The van der Waals surface area contributed by atoms with Gasteiger partial charge in [0.05, 0.1) is 17.0 Å². The highest BCUT2D eigenvalue weighted by molar-refractivity contribution is 5.78. The number of hydrogen-bond acceptors (Lipinski definition) is 5. The second-order valence-electron chi connectivity index (χ2n) is 4.56. The van der Waals surface area contributed by atoms with Gasteiger partial charge in [-0.3, -0.25) is 14.4 Å². The zero-order valence-corrected chi connectivity index (χ0v) is 11.8. The van der Waals surface area contributed by atoms with Crippen molar-refractivity contribution in [2.75, 3.05) is 7.05 Å². The fourth-order valence-electron chi connectivity index (χ4n) is 2.24. The third-order valence-electron chi connectivity index (χ3n) is 3.19. The van der Waals surface area contributed by atoms with Crippen molar-refractivity contribution in [1.82, 2.24) is 19.5 Å². The molecule has 21 heavy (non-hydrogen) atoms. The van der Waals surface area contributed by atoms with Crippen LogP contribution >= 0.6 is 0 Å². The molecule has 0 fully saturated rings. The summed E-state index contributed by atoms with van der Waals surface area (Å²) in [5.41, 5.74) is 0.812. The summed E-state index contributed by atoms with van der Waals surface area (Å²) in [5, 5.41) is 16.0. The quantitative estimate of drug-likeness (QED) is 0.707. The van der Waals surface area contributed by atoms with Crippen LogP contribution in [0.25, 0.3) is 5.65 Å². The Bertz CT molecular complexity index is 760. The molecular weight excluding hydrogens is 276 g/mol. The largest absolute Gasteiger partial charge is 0.480 e. The van der Waals surface area contributed by atoms with Crippen molar-refractivity contribution in [1.29, 1.82) is 0 Å². The number of aromatic nitrogens is 3. The standard InChI is InChI=1S/C13H16N4O4/c1-3-8-4-11-16(6-12(19)20)10(7-18)9(5-14-2)13(21)17(11)15-8/h4,7,14H,3,5-6H2,1-2H3,(H,19,20). The molecule has 0 amide bonds. The van der Waals surface area contributed by atoms with Crippen LogP contribution < -0.4 is 10.9 Å². The molecule has 2 heterocycles. The first-order chi connectivity index (χ1) is 10.0. The number of fused-ring (bicyclic) bond motifs is 1. The van der Waals surface area contributed by atoms with Gasteiger partial charge in [0.25, 0.3) is 5.56 Å². The zero-order valence-electron chi connectivity index (χ0n) is 11.8. The molecule has 0 saturated carbocycles. The van der Waals surface area contributed by atoms with Crippen molar-refractivity contribution in [3.63, 3.8) is 0 Å². The molecule has 0 aliphatic carbocycles. The lowest BCUT2D eigenvalue weighted by Gasteiger charge is -2.13. The van der Waals surface area contributed by atoms with Gasteiger partial charge in [-0.1, -0.05) is 6.92 Å². The molecule has 0 aliphatic heterocycles. The van der Waals surface area contributed by atoms with E-state index in [1.54, 1.807) is 13.1 Å². The molecule has 0 unspecified atom stereocenters. The van der Waals surface area contributed by atoms with Crippen LogP contribution in [0.4, 0.5) is 0 Å². The van der Waals surface area contributed by atoms with Gasteiger partial charge in [0.2, 0.25) is 0 Å². The van der Waals surface area contributed by atoms with Crippen LogP contribution in [0.1, 0.15) is 28.7 Å². The molecule has 0 saturated heterocycles. The van der Waals surface area contributed by atoms with E-state index < -0.39 is 18.1 Å². The van der Waals surface area contributed by atoms with Gasteiger partial charge in [0.15, 0.2) is 6.29 Å². The van der Waals surface area contributed by atoms with Crippen LogP contribution in [-0.4, -0.2) is 38.6 Å². The minimum Gasteiger partial charge on any atom is -0.480 e. The van der Waals surface area contributed by atoms with Crippen molar-refractivity contribution in [2.45, 2.75) is 26.4 Å². The maximum Gasteiger partial charge on any atom is 0.323 e. The summed E-state index contributed by atoms with van der Waals surface area (Å²) in [6.07, 6.45) is 1.11. The lowest BCUT2D eigenvalue weighted by molar-refractivity contribution is -0.137. The highest BCUT2D eigenvalue weighted by atomic mass is 16.4. The Labute approximate surface area is 120 Å². The predicted octanol–water partition coefficient (Wildman–Crippen LogP) is -0.325. The Morgan fingerprint density at radius 2 is 2.24 bits per heavy atom. The minimum atomic E-state index is -1.10. The van der Waals surface area contributed by atoms with Gasteiger partial charge in [0, 0.05) is 12.6 Å². The van der Waals surface area contributed by atoms with E-state index >= 15 is 0 Å². The number of carbonyl (C=O) groups excluding carboxylic acids is 1. The van der Waals surface area contributed by atoms with Gasteiger partial charge in [-0.15, -0.1) is 0 Å². The molecule has 0 spiro atoms. The van der Waals surface area contributed by atoms with Crippen molar-refractivity contribution >= 4 is 17.9 Å². The van der Waals surface area contributed by atoms with Gasteiger partial charge in [-0.25, -0.2) is 0 Å². The van der Waals surface area contributed by atoms with Crippen molar-refractivity contribution < 1.29 is 14.7 Å². The molecule has 0 aromatic carbocycles. The first-order valence-electron chi connectivity index (χ1n) is 6.49. The molecule has 2 aromatic rings. The molecule has 112 valence electrons. The van der Waals surface area contributed by atoms with Crippen LogP contribution in [0.5, 0.6) is 0 Å². The third-order valence-corrected chi connectivity index (χ3v) is 3.19.